The summed E-state index contributed by atoms with van der Waals surface area (Å²) in [5.41, 5.74) is 0.883. The van der Waals surface area contributed by atoms with Crippen LogP contribution in [0.4, 0.5) is 0 Å². The molecule has 0 fully saturated rings. The third-order valence-corrected chi connectivity index (χ3v) is 4.42. The van der Waals surface area contributed by atoms with Crippen LogP contribution in [0, 0.1) is 6.92 Å². The molecule has 2 N–H and O–H groups in total. The molecule has 0 spiro atoms. The fourth-order valence-corrected chi connectivity index (χ4v) is 3.13. The van der Waals surface area contributed by atoms with Gasteiger partial charge in [0, 0.05) is 20.2 Å². The molecule has 1 unspecified atom stereocenters. The van der Waals surface area contributed by atoms with Gasteiger partial charge in [-0.15, -0.1) is 0 Å². The average Bonchev–Trinajstić information content (AvgIpc) is 2.34. The Balaban J connectivity index is 2.55. The Hall–Kier alpha value is -0.950. The maximum atomic E-state index is 12.1. The summed E-state index contributed by atoms with van der Waals surface area (Å²) in [6, 6.07) is 6.70. The zero-order valence-electron chi connectivity index (χ0n) is 11.3. The molecule has 0 radical (unpaired) electrons. The van der Waals surface area contributed by atoms with Crippen LogP contribution in [0.15, 0.2) is 29.2 Å². The van der Waals surface area contributed by atoms with Gasteiger partial charge in [-0.25, -0.2) is 8.42 Å². The predicted molar refractivity (Wildman–Crippen MR) is 74.0 cm³/mol. The Kier molecular flexibility index (Phi) is 6.44. The van der Waals surface area contributed by atoms with Crippen LogP contribution in [0.1, 0.15) is 5.56 Å². The number of hydrogen-bond acceptors (Lipinski definition) is 5. The highest BCUT2D eigenvalue weighted by Gasteiger charge is 2.19. The minimum absolute atomic E-state index is 0.231. The van der Waals surface area contributed by atoms with Gasteiger partial charge < -0.3 is 15.2 Å². The summed E-state index contributed by atoms with van der Waals surface area (Å²) < 4.78 is 29.0. The number of benzene rings is 1. The van der Waals surface area contributed by atoms with E-state index in [1.807, 2.05) is 13.0 Å². The van der Waals surface area contributed by atoms with Crippen molar-refractivity contribution < 1.29 is 18.3 Å². The van der Waals surface area contributed by atoms with E-state index in [1.54, 1.807) is 25.3 Å². The van der Waals surface area contributed by atoms with Gasteiger partial charge in [0.05, 0.1) is 23.4 Å². The van der Waals surface area contributed by atoms with Gasteiger partial charge in [-0.2, -0.15) is 0 Å². The fraction of sp³-hybridized carbons (Fsp3) is 0.538. The summed E-state index contributed by atoms with van der Waals surface area (Å²) in [5.74, 6) is -0.281. The minimum atomic E-state index is -3.45. The summed E-state index contributed by atoms with van der Waals surface area (Å²) >= 11 is 0. The summed E-state index contributed by atoms with van der Waals surface area (Å²) in [5, 5.41) is 12.7. The van der Waals surface area contributed by atoms with Crippen LogP contribution in [0.3, 0.4) is 0 Å². The summed E-state index contributed by atoms with van der Waals surface area (Å²) in [6.07, 6.45) is -0.928. The smallest absolute Gasteiger partial charge is 0.180 e. The van der Waals surface area contributed by atoms with Gasteiger partial charge in [0.15, 0.2) is 9.84 Å². The van der Waals surface area contributed by atoms with Gasteiger partial charge in [0.2, 0.25) is 0 Å². The molecule has 0 saturated carbocycles. The van der Waals surface area contributed by atoms with Gasteiger partial charge >= 0.3 is 0 Å². The molecule has 1 aromatic carbocycles. The van der Waals surface area contributed by atoms with Crippen LogP contribution in [0.2, 0.25) is 0 Å². The zero-order valence-corrected chi connectivity index (χ0v) is 12.1. The predicted octanol–water partition coefficient (Wildman–Crippen LogP) is 0.366. The quantitative estimate of drug-likeness (QED) is 0.676. The highest BCUT2D eigenvalue weighted by Crippen LogP contribution is 2.13. The number of ether oxygens (including phenoxy) is 1. The van der Waals surface area contributed by atoms with Gasteiger partial charge in [0.1, 0.15) is 0 Å². The SMILES string of the molecule is COCCNCC(O)CS(=O)(=O)c1cccc(C)c1. The van der Waals surface area contributed by atoms with Crippen molar-refractivity contribution >= 4 is 9.84 Å². The molecule has 0 heterocycles. The van der Waals surface area contributed by atoms with Gasteiger partial charge in [-0.3, -0.25) is 0 Å². The molecule has 0 aromatic heterocycles. The van der Waals surface area contributed by atoms with Gasteiger partial charge in [0.25, 0.3) is 0 Å². The van der Waals surface area contributed by atoms with Crippen molar-refractivity contribution in [2.75, 3.05) is 32.6 Å². The number of aryl methyl sites for hydroxylation is 1. The normalized spacial score (nSPS) is 13.4. The van der Waals surface area contributed by atoms with Crippen LogP contribution in [0.25, 0.3) is 0 Å². The van der Waals surface area contributed by atoms with Crippen LogP contribution in [0.5, 0.6) is 0 Å². The van der Waals surface area contributed by atoms with Crippen LogP contribution >= 0.6 is 0 Å². The molecule has 0 amide bonds. The molecule has 19 heavy (non-hydrogen) atoms. The molecular formula is C13H21NO4S. The first-order valence-electron chi connectivity index (χ1n) is 6.13. The molecule has 0 bridgehead atoms. The molecular weight excluding hydrogens is 266 g/mol. The van der Waals surface area contributed by atoms with E-state index in [0.29, 0.717) is 13.2 Å². The van der Waals surface area contributed by atoms with E-state index < -0.39 is 15.9 Å². The van der Waals surface area contributed by atoms with Crippen molar-refractivity contribution in [2.45, 2.75) is 17.9 Å². The van der Waals surface area contributed by atoms with E-state index in [1.165, 1.54) is 0 Å². The number of aliphatic hydroxyl groups excluding tert-OH is 1. The molecule has 0 saturated heterocycles. The number of nitrogens with one attached hydrogen (secondary N) is 1. The Labute approximate surface area is 114 Å². The van der Waals surface area contributed by atoms with Gasteiger partial charge in [-0.1, -0.05) is 12.1 Å². The molecule has 0 aliphatic carbocycles. The molecule has 5 nitrogen and oxygen atoms in total. The summed E-state index contributed by atoms with van der Waals surface area (Å²) in [7, 11) is -1.86. The van der Waals surface area contributed by atoms with Crippen molar-refractivity contribution in [2.24, 2.45) is 0 Å². The first-order valence-corrected chi connectivity index (χ1v) is 7.78. The van der Waals surface area contributed by atoms with Crippen molar-refractivity contribution in [3.05, 3.63) is 29.8 Å². The van der Waals surface area contributed by atoms with Crippen LogP contribution in [-0.4, -0.2) is 52.2 Å². The Morgan fingerprint density at radius 3 is 2.79 bits per heavy atom. The second-order valence-corrected chi connectivity index (χ2v) is 6.48. The minimum Gasteiger partial charge on any atom is -0.391 e. The topological polar surface area (TPSA) is 75.6 Å². The molecule has 1 rings (SSSR count). The van der Waals surface area contributed by atoms with E-state index in [2.05, 4.69) is 5.32 Å². The van der Waals surface area contributed by atoms with Crippen molar-refractivity contribution in [3.8, 4) is 0 Å². The maximum Gasteiger partial charge on any atom is 0.180 e. The van der Waals surface area contributed by atoms with Crippen LogP contribution < -0.4 is 5.32 Å². The van der Waals surface area contributed by atoms with E-state index in [9.17, 15) is 13.5 Å². The van der Waals surface area contributed by atoms with Crippen LogP contribution in [-0.2, 0) is 14.6 Å². The lowest BCUT2D eigenvalue weighted by Gasteiger charge is -2.12. The lowest BCUT2D eigenvalue weighted by Crippen LogP contribution is -2.34. The number of methoxy groups -OCH3 is 1. The van der Waals surface area contributed by atoms with Crippen molar-refractivity contribution in [3.63, 3.8) is 0 Å². The summed E-state index contributed by atoms with van der Waals surface area (Å²) in [4.78, 5) is 0.253. The first-order chi connectivity index (χ1) is 8.95. The highest BCUT2D eigenvalue weighted by atomic mass is 32.2. The monoisotopic (exact) mass is 287 g/mol. The summed E-state index contributed by atoms with van der Waals surface area (Å²) in [6.45, 7) is 3.17. The number of sulfone groups is 1. The maximum absolute atomic E-state index is 12.1. The largest absolute Gasteiger partial charge is 0.391 e. The standard InChI is InChI=1S/C13H21NO4S/c1-11-4-3-5-13(8-11)19(16,17)10-12(15)9-14-6-7-18-2/h3-5,8,12,14-15H,6-7,9-10H2,1-2H3. The molecule has 0 aliphatic rings. The second kappa shape index (κ2) is 7.59. The second-order valence-electron chi connectivity index (χ2n) is 4.45. The van der Waals surface area contributed by atoms with E-state index in [0.717, 1.165) is 5.56 Å². The Morgan fingerprint density at radius 1 is 1.42 bits per heavy atom. The third-order valence-electron chi connectivity index (χ3n) is 2.62. The zero-order chi connectivity index (χ0) is 14.3. The Bertz CT molecular complexity index is 487. The van der Waals surface area contributed by atoms with Crippen molar-refractivity contribution in [1.29, 1.82) is 0 Å². The average molecular weight is 287 g/mol. The van der Waals surface area contributed by atoms with Gasteiger partial charge in [-0.05, 0) is 24.6 Å². The highest BCUT2D eigenvalue weighted by molar-refractivity contribution is 7.91. The van der Waals surface area contributed by atoms with E-state index in [4.69, 9.17) is 4.74 Å². The Morgan fingerprint density at radius 2 is 2.16 bits per heavy atom. The fourth-order valence-electron chi connectivity index (χ4n) is 1.66. The molecule has 108 valence electrons. The number of hydrogen-bond donors (Lipinski definition) is 2. The van der Waals surface area contributed by atoms with E-state index in [-0.39, 0.29) is 17.2 Å². The third kappa shape index (κ3) is 5.69. The number of aliphatic hydroxyl groups is 1. The molecule has 1 aromatic rings. The lowest BCUT2D eigenvalue weighted by molar-refractivity contribution is 0.174. The van der Waals surface area contributed by atoms with Crippen molar-refractivity contribution in [1.82, 2.24) is 5.32 Å². The molecule has 1 atom stereocenters. The molecule has 0 aliphatic heterocycles. The van der Waals surface area contributed by atoms with E-state index >= 15 is 0 Å². The molecule has 6 heteroatoms. The lowest BCUT2D eigenvalue weighted by atomic mass is 10.2. The number of rotatable bonds is 8. The first kappa shape index (κ1) is 16.1.